The Hall–Kier alpha value is -3.26. The molecule has 0 amide bonds. The molecule has 92 valence electrons. The quantitative estimate of drug-likeness (QED) is 0.660. The molecule has 0 atom stereocenters. The number of halogens is 1. The van der Waals surface area contributed by atoms with E-state index in [0.717, 1.165) is 6.39 Å². The summed E-state index contributed by atoms with van der Waals surface area (Å²) in [5.74, 6) is -0.552. The number of nitrogens with one attached hydrogen (secondary N) is 1. The first-order chi connectivity index (χ1) is 9.26. The van der Waals surface area contributed by atoms with Crippen LogP contribution in [0.1, 0.15) is 0 Å². The van der Waals surface area contributed by atoms with Crippen LogP contribution in [0.15, 0.2) is 34.2 Å². The smallest absolute Gasteiger partial charge is 0.237 e. The van der Waals surface area contributed by atoms with Crippen LogP contribution in [-0.2, 0) is 0 Å². The van der Waals surface area contributed by atoms with Crippen LogP contribution >= 0.6 is 0 Å². The summed E-state index contributed by atoms with van der Waals surface area (Å²) in [6.07, 6.45) is 1.06. The van der Waals surface area contributed by atoms with Gasteiger partial charge in [-0.2, -0.15) is 20.6 Å². The van der Waals surface area contributed by atoms with Crippen molar-refractivity contribution in [2.75, 3.05) is 5.43 Å². The lowest BCUT2D eigenvalue weighted by Gasteiger charge is -2.05. The lowest BCUT2D eigenvalue weighted by atomic mass is 10.1. The van der Waals surface area contributed by atoms with Gasteiger partial charge in [-0.25, -0.2) is 4.39 Å². The molecule has 0 spiro atoms. The largest absolute Gasteiger partial charge is 0.342 e. The summed E-state index contributed by atoms with van der Waals surface area (Å²) >= 11 is 0. The van der Waals surface area contributed by atoms with Gasteiger partial charge in [-0.1, -0.05) is 11.2 Å². The molecule has 0 radical (unpaired) electrons. The van der Waals surface area contributed by atoms with Crippen LogP contribution in [0.2, 0.25) is 0 Å². The van der Waals surface area contributed by atoms with Gasteiger partial charge in [0.25, 0.3) is 0 Å². The minimum absolute atomic E-state index is 0.0336. The van der Waals surface area contributed by atoms with E-state index in [-0.39, 0.29) is 22.8 Å². The summed E-state index contributed by atoms with van der Waals surface area (Å²) in [6.45, 7) is 0. The molecule has 0 unspecified atom stereocenters. The van der Waals surface area contributed by atoms with Gasteiger partial charge in [-0.15, -0.1) is 0 Å². The topological polar surface area (TPSA) is 111 Å². The Morgan fingerprint density at radius 2 is 2.16 bits per heavy atom. The molecule has 2 aromatic rings. The third-order valence-electron chi connectivity index (χ3n) is 2.10. The van der Waals surface area contributed by atoms with Crippen molar-refractivity contribution < 1.29 is 8.91 Å². The van der Waals surface area contributed by atoms with Crippen LogP contribution in [-0.4, -0.2) is 15.9 Å². The van der Waals surface area contributed by atoms with Gasteiger partial charge in [0.1, 0.15) is 18.0 Å². The lowest BCUT2D eigenvalue weighted by molar-refractivity contribution is 0.418. The van der Waals surface area contributed by atoms with E-state index in [1.807, 2.05) is 0 Å². The summed E-state index contributed by atoms with van der Waals surface area (Å²) in [5.41, 5.74) is 2.29. The van der Waals surface area contributed by atoms with Gasteiger partial charge in [0, 0.05) is 0 Å². The number of benzene rings is 1. The van der Waals surface area contributed by atoms with E-state index >= 15 is 0 Å². The molecule has 0 aliphatic heterocycles. The van der Waals surface area contributed by atoms with Gasteiger partial charge in [-0.05, 0) is 12.1 Å². The normalized spacial score (nSPS) is 9.21. The Morgan fingerprint density at radius 3 is 2.79 bits per heavy atom. The summed E-state index contributed by atoms with van der Waals surface area (Å²) in [6, 6.07) is 7.31. The highest BCUT2D eigenvalue weighted by molar-refractivity contribution is 6.10. The molecule has 2 rings (SSSR count). The highest BCUT2D eigenvalue weighted by atomic mass is 19.1. The highest BCUT2D eigenvalue weighted by Crippen LogP contribution is 2.28. The molecule has 1 heterocycles. The molecule has 0 aliphatic carbocycles. The molecular weight excluding hydrogens is 251 g/mol. The first-order valence-electron chi connectivity index (χ1n) is 4.95. The Balaban J connectivity index is 2.43. The van der Waals surface area contributed by atoms with Crippen LogP contribution in [0, 0.1) is 28.5 Å². The molecule has 1 N–H and O–H groups in total. The monoisotopic (exact) mass is 256 g/mol. The van der Waals surface area contributed by atoms with Crippen molar-refractivity contribution in [2.24, 2.45) is 5.10 Å². The van der Waals surface area contributed by atoms with Gasteiger partial charge >= 0.3 is 0 Å². The summed E-state index contributed by atoms with van der Waals surface area (Å²) in [4.78, 5) is 3.74. The summed E-state index contributed by atoms with van der Waals surface area (Å²) in [7, 11) is 0. The molecule has 0 fully saturated rings. The molecular formula is C11H5FN6O. The van der Waals surface area contributed by atoms with E-state index in [4.69, 9.17) is 10.5 Å². The van der Waals surface area contributed by atoms with E-state index in [9.17, 15) is 4.39 Å². The molecule has 1 aromatic carbocycles. The predicted molar refractivity (Wildman–Crippen MR) is 62.0 cm³/mol. The summed E-state index contributed by atoms with van der Waals surface area (Å²) < 4.78 is 18.3. The van der Waals surface area contributed by atoms with Gasteiger partial charge in [0.2, 0.25) is 17.9 Å². The number of anilines is 1. The third-order valence-corrected chi connectivity index (χ3v) is 2.10. The van der Waals surface area contributed by atoms with Crippen LogP contribution < -0.4 is 5.43 Å². The predicted octanol–water partition coefficient (Wildman–Crippen LogP) is 1.69. The van der Waals surface area contributed by atoms with E-state index in [1.165, 1.54) is 18.2 Å². The van der Waals surface area contributed by atoms with Crippen LogP contribution in [0.5, 0.6) is 0 Å². The number of hydrogen-bond acceptors (Lipinski definition) is 7. The molecule has 8 heteroatoms. The molecule has 0 saturated heterocycles. The van der Waals surface area contributed by atoms with Crippen molar-refractivity contribution in [1.82, 2.24) is 10.1 Å². The number of aromatic nitrogens is 2. The second-order valence-electron chi connectivity index (χ2n) is 3.21. The molecule has 1 aromatic heterocycles. The molecule has 0 bridgehead atoms. The van der Waals surface area contributed by atoms with Crippen molar-refractivity contribution >= 4 is 11.4 Å². The Kier molecular flexibility index (Phi) is 3.46. The average molecular weight is 256 g/mol. The molecule has 0 aliphatic rings. The fraction of sp³-hybridized carbons (Fsp3) is 0. The number of rotatable bonds is 3. The number of hydrazone groups is 1. The first kappa shape index (κ1) is 12.2. The van der Waals surface area contributed by atoms with Gasteiger partial charge in [-0.3, -0.25) is 5.43 Å². The van der Waals surface area contributed by atoms with Gasteiger partial charge in [0.15, 0.2) is 0 Å². The van der Waals surface area contributed by atoms with Crippen molar-refractivity contribution in [3.05, 3.63) is 30.4 Å². The average Bonchev–Trinajstić information content (AvgIpc) is 2.93. The third kappa shape index (κ3) is 2.53. The fourth-order valence-corrected chi connectivity index (χ4v) is 1.32. The van der Waals surface area contributed by atoms with Crippen LogP contribution in [0.25, 0.3) is 11.4 Å². The standard InChI is InChI=1S/C11H5FN6O/c12-8-2-1-3-9(17-16-7(4-13)5-14)10(8)11-15-6-19-18-11/h1-3,6,17H. The molecule has 19 heavy (non-hydrogen) atoms. The number of nitrogens with zero attached hydrogens (tertiary/aromatic N) is 5. The van der Waals surface area contributed by atoms with E-state index in [1.54, 1.807) is 12.1 Å². The van der Waals surface area contributed by atoms with Crippen molar-refractivity contribution in [3.8, 4) is 23.5 Å². The lowest BCUT2D eigenvalue weighted by Crippen LogP contribution is -2.00. The minimum Gasteiger partial charge on any atom is -0.342 e. The molecule has 7 nitrogen and oxygen atoms in total. The second kappa shape index (κ2) is 5.38. The fourth-order valence-electron chi connectivity index (χ4n) is 1.32. The van der Waals surface area contributed by atoms with Crippen molar-refractivity contribution in [3.63, 3.8) is 0 Å². The van der Waals surface area contributed by atoms with Gasteiger partial charge < -0.3 is 4.52 Å². The Bertz CT molecular complexity index is 679. The van der Waals surface area contributed by atoms with Crippen molar-refractivity contribution in [1.29, 1.82) is 10.5 Å². The number of nitriles is 2. The van der Waals surface area contributed by atoms with Gasteiger partial charge in [0.05, 0.1) is 11.3 Å². The highest BCUT2D eigenvalue weighted by Gasteiger charge is 2.14. The van der Waals surface area contributed by atoms with E-state index < -0.39 is 5.82 Å². The molecule has 0 saturated carbocycles. The van der Waals surface area contributed by atoms with Crippen LogP contribution in [0.4, 0.5) is 10.1 Å². The zero-order valence-corrected chi connectivity index (χ0v) is 9.33. The summed E-state index contributed by atoms with van der Waals surface area (Å²) in [5, 5.41) is 24.2. The number of hydrogen-bond donors (Lipinski definition) is 1. The maximum absolute atomic E-state index is 13.8. The maximum atomic E-state index is 13.8. The zero-order chi connectivity index (χ0) is 13.7. The van der Waals surface area contributed by atoms with E-state index in [0.29, 0.717) is 0 Å². The zero-order valence-electron chi connectivity index (χ0n) is 9.33. The van der Waals surface area contributed by atoms with Crippen LogP contribution in [0.3, 0.4) is 0 Å². The first-order valence-corrected chi connectivity index (χ1v) is 4.95. The second-order valence-corrected chi connectivity index (χ2v) is 3.21. The van der Waals surface area contributed by atoms with E-state index in [2.05, 4.69) is 25.2 Å². The maximum Gasteiger partial charge on any atom is 0.237 e. The minimum atomic E-state index is -0.586. The SMILES string of the molecule is N#CC(C#N)=NNc1cccc(F)c1-c1ncon1. The Labute approximate surface area is 106 Å². The van der Waals surface area contributed by atoms with Crippen molar-refractivity contribution in [2.45, 2.75) is 0 Å². The Morgan fingerprint density at radius 1 is 1.37 bits per heavy atom.